The standard InChI is InChI=1S/C13H16ClN/c1-4-13(3,9-15)8-11-5-6-12(14)10(2)7-11/h5-7H,4,8H2,1-3H3. The van der Waals surface area contributed by atoms with Crippen LogP contribution in [0.1, 0.15) is 31.4 Å². The molecule has 1 unspecified atom stereocenters. The van der Waals surface area contributed by atoms with Gasteiger partial charge in [0.2, 0.25) is 0 Å². The van der Waals surface area contributed by atoms with E-state index in [0.717, 1.165) is 23.4 Å². The molecule has 0 saturated carbocycles. The Kier molecular flexibility index (Phi) is 3.77. The fourth-order valence-electron chi connectivity index (χ4n) is 1.51. The summed E-state index contributed by atoms with van der Waals surface area (Å²) in [7, 11) is 0. The Balaban J connectivity index is 2.91. The topological polar surface area (TPSA) is 23.8 Å². The lowest BCUT2D eigenvalue weighted by molar-refractivity contribution is 0.423. The van der Waals surface area contributed by atoms with Crippen LogP contribution in [0, 0.1) is 23.7 Å². The Bertz CT molecular complexity index is 392. The van der Waals surface area contributed by atoms with E-state index < -0.39 is 0 Å². The van der Waals surface area contributed by atoms with E-state index in [-0.39, 0.29) is 5.41 Å². The number of rotatable bonds is 3. The Labute approximate surface area is 96.7 Å². The van der Waals surface area contributed by atoms with Crippen LogP contribution >= 0.6 is 11.6 Å². The normalized spacial score (nSPS) is 14.3. The predicted octanol–water partition coefficient (Wildman–Crippen LogP) is 4.13. The lowest BCUT2D eigenvalue weighted by Crippen LogP contribution is -2.15. The zero-order valence-electron chi connectivity index (χ0n) is 9.47. The smallest absolute Gasteiger partial charge is 0.0690 e. The van der Waals surface area contributed by atoms with Crippen LogP contribution in [0.2, 0.25) is 5.02 Å². The number of hydrogen-bond donors (Lipinski definition) is 0. The van der Waals surface area contributed by atoms with Crippen LogP contribution in [0.3, 0.4) is 0 Å². The van der Waals surface area contributed by atoms with Gasteiger partial charge in [-0.25, -0.2) is 0 Å². The van der Waals surface area contributed by atoms with Gasteiger partial charge in [0.05, 0.1) is 11.5 Å². The van der Waals surface area contributed by atoms with Crippen LogP contribution in [-0.4, -0.2) is 0 Å². The summed E-state index contributed by atoms with van der Waals surface area (Å²) in [6.45, 7) is 6.03. The number of nitrogens with zero attached hydrogens (tertiary/aromatic N) is 1. The van der Waals surface area contributed by atoms with E-state index >= 15 is 0 Å². The van der Waals surface area contributed by atoms with Crippen molar-refractivity contribution in [3.8, 4) is 6.07 Å². The SMILES string of the molecule is CCC(C)(C#N)Cc1ccc(Cl)c(C)c1. The molecule has 0 bridgehead atoms. The minimum atomic E-state index is -0.264. The molecule has 2 heteroatoms. The van der Waals surface area contributed by atoms with Gasteiger partial charge >= 0.3 is 0 Å². The Morgan fingerprint density at radius 1 is 1.47 bits per heavy atom. The van der Waals surface area contributed by atoms with E-state index in [1.807, 2.05) is 32.9 Å². The lowest BCUT2D eigenvalue weighted by Gasteiger charge is -2.19. The summed E-state index contributed by atoms with van der Waals surface area (Å²) in [4.78, 5) is 0. The van der Waals surface area contributed by atoms with Crippen molar-refractivity contribution >= 4 is 11.6 Å². The third-order valence-electron chi connectivity index (χ3n) is 2.87. The zero-order chi connectivity index (χ0) is 11.5. The minimum absolute atomic E-state index is 0.264. The maximum atomic E-state index is 9.09. The molecule has 0 aliphatic heterocycles. The Morgan fingerprint density at radius 2 is 2.13 bits per heavy atom. The molecular weight excluding hydrogens is 206 g/mol. The molecule has 1 aromatic carbocycles. The highest BCUT2D eigenvalue weighted by atomic mass is 35.5. The first kappa shape index (κ1) is 12.1. The molecule has 0 fully saturated rings. The first-order valence-electron chi connectivity index (χ1n) is 5.17. The van der Waals surface area contributed by atoms with Crippen molar-refractivity contribution in [3.05, 3.63) is 34.3 Å². The first-order chi connectivity index (χ1) is 7.00. The van der Waals surface area contributed by atoms with E-state index in [4.69, 9.17) is 16.9 Å². The quantitative estimate of drug-likeness (QED) is 0.753. The summed E-state index contributed by atoms with van der Waals surface area (Å²) in [6, 6.07) is 8.34. The van der Waals surface area contributed by atoms with Gasteiger partial charge in [0.25, 0.3) is 0 Å². The molecule has 0 spiro atoms. The minimum Gasteiger partial charge on any atom is -0.198 e. The molecule has 0 heterocycles. The van der Waals surface area contributed by atoms with E-state index in [9.17, 15) is 0 Å². The van der Waals surface area contributed by atoms with Gasteiger partial charge in [-0.15, -0.1) is 0 Å². The molecule has 0 saturated heterocycles. The first-order valence-corrected chi connectivity index (χ1v) is 5.55. The van der Waals surface area contributed by atoms with Crippen molar-refractivity contribution in [1.29, 1.82) is 5.26 Å². The molecule has 1 nitrogen and oxygen atoms in total. The second kappa shape index (κ2) is 4.68. The Hall–Kier alpha value is -1.00. The van der Waals surface area contributed by atoms with Gasteiger partial charge in [-0.3, -0.25) is 0 Å². The third kappa shape index (κ3) is 2.97. The Morgan fingerprint density at radius 3 is 2.60 bits per heavy atom. The summed E-state index contributed by atoms with van der Waals surface area (Å²) < 4.78 is 0. The van der Waals surface area contributed by atoms with E-state index in [1.165, 1.54) is 5.56 Å². The molecular formula is C13H16ClN. The average molecular weight is 222 g/mol. The average Bonchev–Trinajstić information content (AvgIpc) is 2.23. The number of aryl methyl sites for hydroxylation is 1. The number of halogens is 1. The van der Waals surface area contributed by atoms with Gasteiger partial charge < -0.3 is 0 Å². The van der Waals surface area contributed by atoms with Crippen molar-refractivity contribution in [1.82, 2.24) is 0 Å². The second-order valence-corrected chi connectivity index (χ2v) is 4.69. The number of nitriles is 1. The van der Waals surface area contributed by atoms with Crippen LogP contribution < -0.4 is 0 Å². The molecule has 1 aromatic rings. The van der Waals surface area contributed by atoms with Gasteiger partial charge in [0.1, 0.15) is 0 Å². The monoisotopic (exact) mass is 221 g/mol. The van der Waals surface area contributed by atoms with Crippen molar-refractivity contribution < 1.29 is 0 Å². The summed E-state index contributed by atoms with van der Waals surface area (Å²) in [6.07, 6.45) is 1.66. The van der Waals surface area contributed by atoms with E-state index in [0.29, 0.717) is 0 Å². The molecule has 0 radical (unpaired) electrons. The molecule has 1 rings (SSSR count). The van der Waals surface area contributed by atoms with Gasteiger partial charge in [-0.2, -0.15) is 5.26 Å². The predicted molar refractivity (Wildman–Crippen MR) is 63.9 cm³/mol. The molecule has 0 N–H and O–H groups in total. The van der Waals surface area contributed by atoms with Crippen LogP contribution in [0.4, 0.5) is 0 Å². The van der Waals surface area contributed by atoms with E-state index in [1.54, 1.807) is 0 Å². The van der Waals surface area contributed by atoms with Crippen LogP contribution in [0.15, 0.2) is 18.2 Å². The van der Waals surface area contributed by atoms with Gasteiger partial charge in [0, 0.05) is 5.02 Å². The highest BCUT2D eigenvalue weighted by molar-refractivity contribution is 6.31. The summed E-state index contributed by atoms with van der Waals surface area (Å²) >= 11 is 5.95. The molecule has 0 aliphatic rings. The molecule has 1 atom stereocenters. The lowest BCUT2D eigenvalue weighted by atomic mass is 9.82. The number of benzene rings is 1. The molecule has 0 amide bonds. The summed E-state index contributed by atoms with van der Waals surface area (Å²) in [5, 5.41) is 9.88. The zero-order valence-corrected chi connectivity index (χ0v) is 10.2. The van der Waals surface area contributed by atoms with Gasteiger partial charge in [-0.1, -0.05) is 30.7 Å². The maximum absolute atomic E-state index is 9.09. The molecule has 15 heavy (non-hydrogen) atoms. The highest BCUT2D eigenvalue weighted by Crippen LogP contribution is 2.27. The third-order valence-corrected chi connectivity index (χ3v) is 3.29. The number of hydrogen-bond acceptors (Lipinski definition) is 1. The van der Waals surface area contributed by atoms with Crippen LogP contribution in [-0.2, 0) is 6.42 Å². The van der Waals surface area contributed by atoms with Crippen LogP contribution in [0.5, 0.6) is 0 Å². The molecule has 0 aromatic heterocycles. The summed E-state index contributed by atoms with van der Waals surface area (Å²) in [5.74, 6) is 0. The van der Waals surface area contributed by atoms with Gasteiger partial charge in [0.15, 0.2) is 0 Å². The second-order valence-electron chi connectivity index (χ2n) is 4.29. The van der Waals surface area contributed by atoms with E-state index in [2.05, 4.69) is 12.1 Å². The van der Waals surface area contributed by atoms with Crippen molar-refractivity contribution in [2.45, 2.75) is 33.6 Å². The van der Waals surface area contributed by atoms with Crippen molar-refractivity contribution in [3.63, 3.8) is 0 Å². The molecule has 0 aliphatic carbocycles. The largest absolute Gasteiger partial charge is 0.198 e. The fraction of sp³-hybridized carbons (Fsp3) is 0.462. The van der Waals surface area contributed by atoms with Crippen LogP contribution in [0.25, 0.3) is 0 Å². The van der Waals surface area contributed by atoms with Crippen molar-refractivity contribution in [2.24, 2.45) is 5.41 Å². The molecule has 80 valence electrons. The van der Waals surface area contributed by atoms with Crippen molar-refractivity contribution in [2.75, 3.05) is 0 Å². The fourth-order valence-corrected chi connectivity index (χ4v) is 1.63. The highest BCUT2D eigenvalue weighted by Gasteiger charge is 2.21. The summed E-state index contributed by atoms with van der Waals surface area (Å²) in [5.41, 5.74) is 1.99. The maximum Gasteiger partial charge on any atom is 0.0690 e. The van der Waals surface area contributed by atoms with Gasteiger partial charge in [-0.05, 0) is 43.9 Å².